The Labute approximate surface area is 188 Å². The smallest absolute Gasteiger partial charge is 0.254 e. The van der Waals surface area contributed by atoms with Crippen LogP contribution < -0.4 is 14.8 Å². The van der Waals surface area contributed by atoms with Crippen LogP contribution in [0.15, 0.2) is 40.9 Å². The van der Waals surface area contributed by atoms with Crippen molar-refractivity contribution in [3.05, 3.63) is 57.0 Å². The van der Waals surface area contributed by atoms with E-state index in [0.29, 0.717) is 54.8 Å². The number of hydrogen-bond donors (Lipinski definition) is 1. The maximum atomic E-state index is 12.9. The Balaban J connectivity index is 1.42. The summed E-state index contributed by atoms with van der Waals surface area (Å²) in [5, 5.41) is 3.41. The number of rotatable bonds is 4. The van der Waals surface area contributed by atoms with Crippen LogP contribution in [-0.2, 0) is 11.3 Å². The monoisotopic (exact) mass is 492 g/mol. The summed E-state index contributed by atoms with van der Waals surface area (Å²) in [4.78, 5) is 27.4. The van der Waals surface area contributed by atoms with Gasteiger partial charge in [0.05, 0.1) is 18.2 Å². The molecule has 0 bridgehead atoms. The normalized spacial score (nSPS) is 18.1. The largest absolute Gasteiger partial charge is 0.489 e. The van der Waals surface area contributed by atoms with Crippen LogP contribution >= 0.6 is 27.5 Å². The van der Waals surface area contributed by atoms with Gasteiger partial charge in [-0.15, -0.1) is 0 Å². The van der Waals surface area contributed by atoms with Crippen LogP contribution in [-0.4, -0.2) is 42.5 Å². The van der Waals surface area contributed by atoms with Crippen molar-refractivity contribution in [1.29, 1.82) is 0 Å². The molecule has 6 nitrogen and oxygen atoms in total. The highest BCUT2D eigenvalue weighted by Gasteiger charge is 2.34. The number of nitrogens with one attached hydrogen (secondary N) is 1. The van der Waals surface area contributed by atoms with Crippen LogP contribution in [0.1, 0.15) is 35.2 Å². The number of carbonyl (C=O) groups excluding carboxylic acids is 2. The van der Waals surface area contributed by atoms with Crippen LogP contribution in [0.5, 0.6) is 11.5 Å². The average molecular weight is 494 g/mol. The zero-order valence-corrected chi connectivity index (χ0v) is 18.7. The topological polar surface area (TPSA) is 67.9 Å². The fourth-order valence-corrected chi connectivity index (χ4v) is 4.29. The number of benzene rings is 2. The van der Waals surface area contributed by atoms with Gasteiger partial charge in [0.1, 0.15) is 6.04 Å². The molecule has 2 aliphatic rings. The van der Waals surface area contributed by atoms with Crippen molar-refractivity contribution in [2.75, 3.05) is 19.8 Å². The van der Waals surface area contributed by atoms with Gasteiger partial charge < -0.3 is 19.7 Å². The Bertz CT molecular complexity index is 951. The molecule has 1 saturated heterocycles. The quantitative estimate of drug-likeness (QED) is 0.694. The van der Waals surface area contributed by atoms with Gasteiger partial charge in [-0.3, -0.25) is 9.59 Å². The second kappa shape index (κ2) is 9.27. The summed E-state index contributed by atoms with van der Waals surface area (Å²) in [5.74, 6) is 0.850. The van der Waals surface area contributed by atoms with E-state index < -0.39 is 6.04 Å². The third kappa shape index (κ3) is 4.57. The highest BCUT2D eigenvalue weighted by atomic mass is 79.9. The van der Waals surface area contributed by atoms with Gasteiger partial charge in [-0.05, 0) is 54.8 Å². The standard InChI is InChI=1S/C22H22BrClN2O4/c23-16-6-4-15(5-7-16)22(28)26-8-1-3-18(26)21(27)25-13-14-11-17(24)20-19(12-14)29-9-2-10-30-20/h4-7,11-12,18H,1-3,8-10,13H2,(H,25,27). The van der Waals surface area contributed by atoms with E-state index in [1.54, 1.807) is 23.1 Å². The summed E-state index contributed by atoms with van der Waals surface area (Å²) in [6.45, 7) is 2.00. The number of halogens is 2. The molecule has 2 aromatic rings. The van der Waals surface area contributed by atoms with Crippen LogP contribution in [0.25, 0.3) is 0 Å². The van der Waals surface area contributed by atoms with Gasteiger partial charge in [-0.2, -0.15) is 0 Å². The number of nitrogens with zero attached hydrogens (tertiary/aromatic N) is 1. The highest BCUT2D eigenvalue weighted by Crippen LogP contribution is 2.38. The van der Waals surface area contributed by atoms with Gasteiger partial charge in [0, 0.05) is 29.5 Å². The van der Waals surface area contributed by atoms with Gasteiger partial charge in [0.25, 0.3) is 5.91 Å². The molecule has 0 aliphatic carbocycles. The van der Waals surface area contributed by atoms with E-state index in [0.717, 1.165) is 22.9 Å². The maximum Gasteiger partial charge on any atom is 0.254 e. The van der Waals surface area contributed by atoms with Crippen molar-refractivity contribution >= 4 is 39.3 Å². The molecular formula is C22H22BrClN2O4. The average Bonchev–Trinajstić information content (AvgIpc) is 3.11. The molecule has 2 aliphatic heterocycles. The molecule has 0 radical (unpaired) electrons. The molecule has 1 atom stereocenters. The van der Waals surface area contributed by atoms with Crippen molar-refractivity contribution < 1.29 is 19.1 Å². The van der Waals surface area contributed by atoms with Crippen molar-refractivity contribution in [3.63, 3.8) is 0 Å². The van der Waals surface area contributed by atoms with Gasteiger partial charge in [0.15, 0.2) is 11.5 Å². The van der Waals surface area contributed by atoms with Crippen LogP contribution in [0.3, 0.4) is 0 Å². The second-order valence-corrected chi connectivity index (χ2v) is 8.66. The van der Waals surface area contributed by atoms with Crippen molar-refractivity contribution in [3.8, 4) is 11.5 Å². The first-order valence-electron chi connectivity index (χ1n) is 9.95. The summed E-state index contributed by atoms with van der Waals surface area (Å²) in [6, 6.07) is 10.3. The lowest BCUT2D eigenvalue weighted by atomic mass is 10.1. The molecule has 1 unspecified atom stereocenters. The van der Waals surface area contributed by atoms with E-state index in [1.165, 1.54) is 0 Å². The van der Waals surface area contributed by atoms with Gasteiger partial charge in [-0.25, -0.2) is 0 Å². The SMILES string of the molecule is O=C(NCc1cc(Cl)c2c(c1)OCCCO2)C1CCCN1C(=O)c1ccc(Br)cc1. The molecule has 30 heavy (non-hydrogen) atoms. The number of likely N-dealkylation sites (tertiary alicyclic amines) is 1. The Morgan fingerprint density at radius 3 is 2.70 bits per heavy atom. The van der Waals surface area contributed by atoms with Gasteiger partial charge in [0.2, 0.25) is 5.91 Å². The molecule has 1 N–H and O–H groups in total. The molecule has 2 amide bonds. The molecular weight excluding hydrogens is 472 g/mol. The van der Waals surface area contributed by atoms with Crippen molar-refractivity contribution in [2.24, 2.45) is 0 Å². The molecule has 2 aromatic carbocycles. The molecule has 0 saturated carbocycles. The summed E-state index contributed by atoms with van der Waals surface area (Å²) < 4.78 is 12.2. The number of fused-ring (bicyclic) bond motifs is 1. The number of hydrogen-bond acceptors (Lipinski definition) is 4. The fourth-order valence-electron chi connectivity index (χ4n) is 3.73. The van der Waals surface area contributed by atoms with Gasteiger partial charge >= 0.3 is 0 Å². The first-order chi connectivity index (χ1) is 14.5. The van der Waals surface area contributed by atoms with E-state index in [9.17, 15) is 9.59 Å². The van der Waals surface area contributed by atoms with E-state index in [4.69, 9.17) is 21.1 Å². The molecule has 4 rings (SSSR count). The van der Waals surface area contributed by atoms with Crippen LogP contribution in [0.2, 0.25) is 5.02 Å². The zero-order chi connectivity index (χ0) is 21.1. The van der Waals surface area contributed by atoms with Crippen LogP contribution in [0.4, 0.5) is 0 Å². The third-order valence-corrected chi connectivity index (χ3v) is 6.05. The van der Waals surface area contributed by atoms with Crippen molar-refractivity contribution in [1.82, 2.24) is 10.2 Å². The second-order valence-electron chi connectivity index (χ2n) is 7.34. The van der Waals surface area contributed by atoms with E-state index in [-0.39, 0.29) is 11.8 Å². The van der Waals surface area contributed by atoms with E-state index >= 15 is 0 Å². The first kappa shape index (κ1) is 21.0. The zero-order valence-electron chi connectivity index (χ0n) is 16.3. The number of carbonyl (C=O) groups is 2. The summed E-state index contributed by atoms with van der Waals surface area (Å²) in [6.07, 6.45) is 2.24. The predicted octanol–water partition coefficient (Wildman–Crippen LogP) is 4.18. The van der Waals surface area contributed by atoms with E-state index in [1.807, 2.05) is 18.2 Å². The minimum absolute atomic E-state index is 0.126. The lowest BCUT2D eigenvalue weighted by Gasteiger charge is -2.24. The Hall–Kier alpha value is -2.25. The minimum atomic E-state index is -0.475. The molecule has 2 heterocycles. The molecule has 0 spiro atoms. The Morgan fingerprint density at radius 2 is 1.90 bits per heavy atom. The number of ether oxygens (including phenoxy) is 2. The minimum Gasteiger partial charge on any atom is -0.489 e. The molecule has 0 aromatic heterocycles. The summed E-state index contributed by atoms with van der Waals surface area (Å²) in [5.41, 5.74) is 1.40. The Morgan fingerprint density at radius 1 is 1.13 bits per heavy atom. The Kier molecular flexibility index (Phi) is 6.49. The van der Waals surface area contributed by atoms with Crippen molar-refractivity contribution in [2.45, 2.75) is 31.8 Å². The summed E-state index contributed by atoms with van der Waals surface area (Å²) >= 11 is 9.70. The van der Waals surface area contributed by atoms with E-state index in [2.05, 4.69) is 21.2 Å². The number of amides is 2. The lowest BCUT2D eigenvalue weighted by Crippen LogP contribution is -2.45. The highest BCUT2D eigenvalue weighted by molar-refractivity contribution is 9.10. The lowest BCUT2D eigenvalue weighted by molar-refractivity contribution is -0.125. The first-order valence-corrected chi connectivity index (χ1v) is 11.1. The molecule has 1 fully saturated rings. The van der Waals surface area contributed by atoms with Crippen LogP contribution in [0, 0.1) is 0 Å². The van der Waals surface area contributed by atoms with Gasteiger partial charge in [-0.1, -0.05) is 27.5 Å². The maximum absolute atomic E-state index is 12.9. The fraction of sp³-hybridized carbons (Fsp3) is 0.364. The third-order valence-electron chi connectivity index (χ3n) is 5.24. The predicted molar refractivity (Wildman–Crippen MR) is 117 cm³/mol. The molecule has 158 valence electrons. The molecule has 8 heteroatoms. The summed E-state index contributed by atoms with van der Waals surface area (Å²) in [7, 11) is 0.